The van der Waals surface area contributed by atoms with Crippen LogP contribution in [0, 0.1) is 11.8 Å². The minimum Gasteiger partial charge on any atom is -0.467 e. The van der Waals surface area contributed by atoms with Gasteiger partial charge in [0.15, 0.2) is 33.5 Å². The van der Waals surface area contributed by atoms with Crippen LogP contribution in [0.15, 0.2) is 182 Å². The summed E-state index contributed by atoms with van der Waals surface area (Å²) in [6, 6.07) is 44.6. The molecule has 10 atom stereocenters. The lowest BCUT2D eigenvalue weighted by atomic mass is 9.96. The van der Waals surface area contributed by atoms with Crippen LogP contribution in [0.3, 0.4) is 0 Å². The van der Waals surface area contributed by atoms with Crippen LogP contribution >= 0.6 is 0 Å². The van der Waals surface area contributed by atoms with Gasteiger partial charge in [-0.25, -0.2) is 19.2 Å². The largest absolute Gasteiger partial charge is 0.467 e. The predicted molar refractivity (Wildman–Crippen MR) is 394 cm³/mol. The molecule has 2 saturated heterocycles. The fourth-order valence-corrected chi connectivity index (χ4v) is 12.6. The van der Waals surface area contributed by atoms with E-state index >= 15 is 0 Å². The third kappa shape index (κ3) is 22.8. The van der Waals surface area contributed by atoms with E-state index in [2.05, 4.69) is 47.7 Å². The zero-order valence-electron chi connectivity index (χ0n) is 61.5. The zero-order chi connectivity index (χ0) is 73.7. The van der Waals surface area contributed by atoms with Crippen molar-refractivity contribution in [2.45, 2.75) is 168 Å². The summed E-state index contributed by atoms with van der Waals surface area (Å²) in [5.74, 6) is -3.49. The van der Waals surface area contributed by atoms with E-state index in [9.17, 15) is 24.3 Å². The van der Waals surface area contributed by atoms with Gasteiger partial charge in [0.1, 0.15) is 47.0 Å². The van der Waals surface area contributed by atoms with Gasteiger partial charge in [0.25, 0.3) is 0 Å². The van der Waals surface area contributed by atoms with E-state index in [1.165, 1.54) is 28.4 Å². The average molecular weight is 1400 g/mol. The molecular weight excluding hydrogens is 1300 g/mol. The number of ether oxygens (including phenoxy) is 12. The predicted octanol–water partition coefficient (Wildman–Crippen LogP) is 16.7. The highest BCUT2D eigenvalue weighted by Gasteiger charge is 2.47. The van der Waals surface area contributed by atoms with E-state index in [-0.39, 0.29) is 47.7 Å². The summed E-state index contributed by atoms with van der Waals surface area (Å²) >= 11 is 0. The molecule has 18 nitrogen and oxygen atoms in total. The SMILES string of the molecule is COCOc1cc(-c2ccccc2)cc(/C=C/C[C@@H]2OC(C)(C)O[C@@H]2C(/C=C\[C@@H](C)[C@H](C)O)OC(=O)c2ccccc2)c1C(=O)OC.COCOc1cc(-c2ccccc2)cc(/C=C/C[C@@H]2OC(C)(C)O[C@@H]2C(/C=C\[C@@H](C)[C@H](C)O[Si](C)(C)C(C)(C)C)OC(=O)c2ccccc2)c1C(=O)OC. The lowest BCUT2D eigenvalue weighted by molar-refractivity contribution is -0.153. The number of aliphatic hydroxyl groups excluding tert-OH is 1. The van der Waals surface area contributed by atoms with E-state index in [1.807, 2.05) is 154 Å². The molecule has 101 heavy (non-hydrogen) atoms. The van der Waals surface area contributed by atoms with Crippen molar-refractivity contribution in [1.29, 1.82) is 0 Å². The molecule has 0 bridgehead atoms. The lowest BCUT2D eigenvalue weighted by Gasteiger charge is -2.39. The average Bonchev–Trinajstić information content (AvgIpc) is 1.79. The van der Waals surface area contributed by atoms with Crippen molar-refractivity contribution in [3.8, 4) is 33.8 Å². The third-order valence-electron chi connectivity index (χ3n) is 17.8. The van der Waals surface area contributed by atoms with Gasteiger partial charge in [0.05, 0.1) is 43.7 Å². The number of hydrogen-bond acceptors (Lipinski definition) is 18. The lowest BCUT2D eigenvalue weighted by Crippen LogP contribution is -2.44. The molecule has 2 fully saturated rings. The molecule has 0 aromatic heterocycles. The summed E-state index contributed by atoms with van der Waals surface area (Å²) in [7, 11) is 3.66. The van der Waals surface area contributed by atoms with Crippen molar-refractivity contribution in [1.82, 2.24) is 0 Å². The number of benzene rings is 6. The molecule has 8 rings (SSSR count). The number of carbonyl (C=O) groups excluding carboxylic acids is 4. The van der Waals surface area contributed by atoms with E-state index in [1.54, 1.807) is 81.4 Å². The highest BCUT2D eigenvalue weighted by atomic mass is 28.4. The van der Waals surface area contributed by atoms with Crippen molar-refractivity contribution in [3.05, 3.63) is 215 Å². The van der Waals surface area contributed by atoms with Crippen LogP contribution in [0.2, 0.25) is 18.1 Å². The number of methoxy groups -OCH3 is 4. The summed E-state index contributed by atoms with van der Waals surface area (Å²) in [6.07, 6.45) is 11.2. The van der Waals surface area contributed by atoms with Gasteiger partial charge >= 0.3 is 23.9 Å². The molecule has 0 aliphatic carbocycles. The fourth-order valence-electron chi connectivity index (χ4n) is 11.2. The van der Waals surface area contributed by atoms with Crippen molar-refractivity contribution < 1.29 is 85.6 Å². The quantitative estimate of drug-likeness (QED) is 0.0146. The summed E-state index contributed by atoms with van der Waals surface area (Å²) in [5.41, 5.74) is 6.14. The minimum absolute atomic E-state index is 0.0221. The second-order valence-corrected chi connectivity index (χ2v) is 32.3. The summed E-state index contributed by atoms with van der Waals surface area (Å²) in [6.45, 7) is 26.1. The van der Waals surface area contributed by atoms with Crippen LogP contribution in [0.25, 0.3) is 34.4 Å². The fraction of sp³-hybridized carbons (Fsp3) is 0.415. The molecule has 0 spiro atoms. The summed E-state index contributed by atoms with van der Waals surface area (Å²) < 4.78 is 76.8. The molecule has 2 aliphatic rings. The zero-order valence-corrected chi connectivity index (χ0v) is 62.5. The van der Waals surface area contributed by atoms with Crippen molar-refractivity contribution >= 4 is 44.3 Å². The van der Waals surface area contributed by atoms with E-state index < -0.39 is 86.5 Å². The van der Waals surface area contributed by atoms with Gasteiger partial charge in [-0.05, 0) is 178 Å². The monoisotopic (exact) mass is 1400 g/mol. The van der Waals surface area contributed by atoms with Gasteiger partial charge in [-0.15, -0.1) is 0 Å². The van der Waals surface area contributed by atoms with Crippen molar-refractivity contribution in [3.63, 3.8) is 0 Å². The van der Waals surface area contributed by atoms with Crippen LogP contribution < -0.4 is 9.47 Å². The highest BCUT2D eigenvalue weighted by Crippen LogP contribution is 2.41. The molecule has 2 aliphatic heterocycles. The maximum Gasteiger partial charge on any atom is 0.342 e. The Kier molecular flexibility index (Phi) is 29.3. The molecule has 19 heteroatoms. The van der Waals surface area contributed by atoms with Crippen molar-refractivity contribution in [2.75, 3.05) is 42.0 Å². The van der Waals surface area contributed by atoms with Crippen LogP contribution in [0.1, 0.15) is 142 Å². The number of carbonyl (C=O) groups is 4. The van der Waals surface area contributed by atoms with Crippen molar-refractivity contribution in [2.24, 2.45) is 11.8 Å². The number of aliphatic hydroxyl groups is 1. The first kappa shape index (κ1) is 80.0. The number of esters is 4. The first-order chi connectivity index (χ1) is 48.0. The number of hydrogen-bond donors (Lipinski definition) is 1. The Balaban J connectivity index is 0.000000286. The standard InChI is InChI=1S/C44H58O9Si.C38H44O9/c1-30(31(2)53-54(10,11)43(3,4)5)25-26-36(50-41(45)33-21-16-13-17-22-33)40-37(51-44(6,7)52-40)24-18-23-34-27-35(32-19-14-12-15-20-32)28-38(49-29-47-8)39(34)42(46)48-9;1-25(26(2)39)20-21-31(45-36(40)28-16-11-8-12-17-28)35-32(46-38(3,4)47-35)19-13-18-29-22-30(27-14-9-7-10-15-27)23-33(44-24-42-5)34(29)37(41)43-6/h12-23,25-28,30-31,36-37,40H,24,29H2,1-11H3;7-18,20-23,25-26,31-32,35,39H,19,24H2,1-6H3/b23-18+,26-25-;18-13+,21-20-/t30-,31+,36?,37+,40-;25-,26+,31?,32+,35-/m11/s1. The van der Waals surface area contributed by atoms with Gasteiger partial charge in [-0.2, -0.15) is 0 Å². The van der Waals surface area contributed by atoms with Gasteiger partial charge < -0.3 is 66.4 Å². The Hall–Kier alpha value is -8.34. The molecule has 6 aromatic carbocycles. The Labute approximate surface area is 597 Å². The first-order valence-corrected chi connectivity index (χ1v) is 37.1. The second kappa shape index (κ2) is 37.0. The molecule has 0 amide bonds. The Bertz CT molecular complexity index is 3770. The van der Waals surface area contributed by atoms with Crippen LogP contribution in [0.4, 0.5) is 0 Å². The van der Waals surface area contributed by atoms with Gasteiger partial charge in [-0.1, -0.05) is 168 Å². The van der Waals surface area contributed by atoms with Gasteiger partial charge in [0.2, 0.25) is 0 Å². The van der Waals surface area contributed by atoms with Crippen LogP contribution in [-0.2, 0) is 51.8 Å². The van der Waals surface area contributed by atoms with E-state index in [0.717, 1.165) is 22.3 Å². The van der Waals surface area contributed by atoms with Gasteiger partial charge in [-0.3, -0.25) is 0 Å². The Morgan fingerprint density at radius 2 is 0.871 bits per heavy atom. The molecule has 0 radical (unpaired) electrons. The molecule has 1 N–H and O–H groups in total. The smallest absolute Gasteiger partial charge is 0.342 e. The topological polar surface area (TPSA) is 208 Å². The minimum atomic E-state index is -2.02. The highest BCUT2D eigenvalue weighted by molar-refractivity contribution is 6.74. The normalized spacial score (nSPS) is 19.2. The van der Waals surface area contributed by atoms with Crippen LogP contribution in [0.5, 0.6) is 11.5 Å². The summed E-state index contributed by atoms with van der Waals surface area (Å²) in [4.78, 5) is 52.8. The molecule has 542 valence electrons. The molecule has 2 heterocycles. The maximum absolute atomic E-state index is 13.5. The number of rotatable bonds is 30. The first-order valence-electron chi connectivity index (χ1n) is 34.1. The van der Waals surface area contributed by atoms with E-state index in [4.69, 9.17) is 61.3 Å². The van der Waals surface area contributed by atoms with Gasteiger partial charge in [0, 0.05) is 20.3 Å². The molecular formula is C82H102O18Si. The Morgan fingerprint density at radius 3 is 1.22 bits per heavy atom. The molecule has 0 saturated carbocycles. The second-order valence-electron chi connectivity index (χ2n) is 27.5. The maximum atomic E-state index is 13.5. The Morgan fingerprint density at radius 1 is 0.505 bits per heavy atom. The van der Waals surface area contributed by atoms with Crippen LogP contribution in [-0.4, -0.2) is 140 Å². The summed E-state index contributed by atoms with van der Waals surface area (Å²) in [5, 5.41) is 10.2. The molecule has 2 unspecified atom stereocenters. The third-order valence-corrected chi connectivity index (χ3v) is 22.4. The van der Waals surface area contributed by atoms with E-state index in [0.29, 0.717) is 46.6 Å². The molecule has 6 aromatic rings.